The van der Waals surface area contributed by atoms with E-state index in [2.05, 4.69) is 39.6 Å². The molecule has 174 valence electrons. The molecular weight excluding hydrogens is 420 g/mol. The van der Waals surface area contributed by atoms with Crippen molar-refractivity contribution in [3.8, 4) is 0 Å². The highest BCUT2D eigenvalue weighted by atomic mass is 16.2. The number of amides is 1. The third-order valence-corrected chi connectivity index (χ3v) is 6.54. The first-order valence-corrected chi connectivity index (χ1v) is 11.6. The minimum absolute atomic E-state index is 0.0807. The fourth-order valence-electron chi connectivity index (χ4n) is 3.99. The number of nitrogens with zero attached hydrogens (tertiary/aromatic N) is 2. The molecule has 1 amide bonds. The van der Waals surface area contributed by atoms with Crippen molar-refractivity contribution in [2.45, 2.75) is 24.3 Å². The van der Waals surface area contributed by atoms with E-state index in [1.807, 2.05) is 105 Å². The molecule has 0 unspecified atom stereocenters. The minimum Gasteiger partial charge on any atom is -0.385 e. The fraction of sp³-hybridized carbons (Fsp3) is 0.241. The van der Waals surface area contributed by atoms with E-state index in [0.29, 0.717) is 0 Å². The lowest BCUT2D eigenvalue weighted by molar-refractivity contribution is -0.118. The van der Waals surface area contributed by atoms with Gasteiger partial charge in [-0.3, -0.25) is 14.7 Å². The number of pyridine rings is 1. The van der Waals surface area contributed by atoms with Gasteiger partial charge in [-0.1, -0.05) is 60.7 Å². The van der Waals surface area contributed by atoms with Gasteiger partial charge in [0.2, 0.25) is 5.91 Å². The first-order valence-electron chi connectivity index (χ1n) is 11.6. The molecule has 0 saturated carbocycles. The van der Waals surface area contributed by atoms with Gasteiger partial charge >= 0.3 is 0 Å². The zero-order valence-corrected chi connectivity index (χ0v) is 20.0. The lowest BCUT2D eigenvalue weighted by atomic mass is 9.73. The molecule has 0 saturated heterocycles. The summed E-state index contributed by atoms with van der Waals surface area (Å²) in [6, 6.07) is 23.7. The van der Waals surface area contributed by atoms with Crippen molar-refractivity contribution < 1.29 is 4.79 Å². The molecule has 5 nitrogen and oxygen atoms in total. The number of nitrogens with one attached hydrogen (secondary N) is 2. The second-order valence-electron chi connectivity index (χ2n) is 9.05. The number of aromatic nitrogens is 1. The molecule has 0 fully saturated rings. The van der Waals surface area contributed by atoms with Crippen LogP contribution in [0.3, 0.4) is 0 Å². The van der Waals surface area contributed by atoms with E-state index in [4.69, 9.17) is 0 Å². The van der Waals surface area contributed by atoms with Crippen molar-refractivity contribution in [3.05, 3.63) is 115 Å². The summed E-state index contributed by atoms with van der Waals surface area (Å²) in [7, 11) is 4.08. The summed E-state index contributed by atoms with van der Waals surface area (Å²) in [5.74, 6) is -0.0807. The molecule has 3 aromatic rings. The van der Waals surface area contributed by atoms with Gasteiger partial charge in [-0.25, -0.2) is 0 Å². The minimum atomic E-state index is -0.865. The SMILES string of the molecule is CN(C)C1(C)C=CC(C(=O)Nc2ccc(NCCc3ccccn3)cc2)(c2ccccc2)C=C1. The smallest absolute Gasteiger partial charge is 0.242 e. The zero-order chi connectivity index (χ0) is 24.0. The van der Waals surface area contributed by atoms with E-state index in [9.17, 15) is 4.79 Å². The summed E-state index contributed by atoms with van der Waals surface area (Å²) in [5, 5.41) is 6.53. The molecule has 0 spiro atoms. The number of anilines is 2. The Hall–Kier alpha value is -3.70. The summed E-state index contributed by atoms with van der Waals surface area (Å²) in [6.07, 6.45) is 10.9. The van der Waals surface area contributed by atoms with Crippen molar-refractivity contribution in [1.29, 1.82) is 0 Å². The molecule has 0 bridgehead atoms. The van der Waals surface area contributed by atoms with E-state index >= 15 is 0 Å². The maximum absolute atomic E-state index is 13.6. The van der Waals surface area contributed by atoms with Crippen LogP contribution in [0.2, 0.25) is 0 Å². The zero-order valence-electron chi connectivity index (χ0n) is 20.0. The Morgan fingerprint density at radius 2 is 1.50 bits per heavy atom. The number of benzene rings is 2. The molecule has 1 aliphatic rings. The first-order chi connectivity index (χ1) is 16.4. The van der Waals surface area contributed by atoms with Crippen LogP contribution in [-0.4, -0.2) is 42.0 Å². The molecule has 2 aromatic carbocycles. The highest BCUT2D eigenvalue weighted by Crippen LogP contribution is 2.36. The summed E-state index contributed by atoms with van der Waals surface area (Å²) in [5.41, 5.74) is 2.67. The number of rotatable bonds is 8. The van der Waals surface area contributed by atoms with E-state index in [1.165, 1.54) is 0 Å². The first kappa shape index (κ1) is 23.5. The number of carbonyl (C=O) groups is 1. The molecular formula is C29H32N4O. The van der Waals surface area contributed by atoms with Crippen LogP contribution in [0, 0.1) is 0 Å². The van der Waals surface area contributed by atoms with Gasteiger partial charge in [-0.2, -0.15) is 0 Å². The summed E-state index contributed by atoms with van der Waals surface area (Å²) in [4.78, 5) is 20.1. The van der Waals surface area contributed by atoms with Gasteiger partial charge in [0, 0.05) is 36.2 Å². The van der Waals surface area contributed by atoms with Crippen molar-refractivity contribution in [3.63, 3.8) is 0 Å². The lowest BCUT2D eigenvalue weighted by Crippen LogP contribution is -2.44. The van der Waals surface area contributed by atoms with Crippen LogP contribution >= 0.6 is 0 Å². The molecule has 0 aliphatic heterocycles. The standard InChI is InChI=1S/C29H32N4O/c1-28(33(2)3)17-19-29(20-18-28,23-9-5-4-6-10-23)27(34)32-26-14-12-25(13-15-26)31-22-16-24-11-7-8-21-30-24/h4-15,17-21,31H,16,22H2,1-3H3,(H,32,34). The van der Waals surface area contributed by atoms with Gasteiger partial charge in [0.15, 0.2) is 0 Å². The number of hydrogen-bond donors (Lipinski definition) is 2. The van der Waals surface area contributed by atoms with Crippen LogP contribution in [-0.2, 0) is 16.6 Å². The van der Waals surface area contributed by atoms with E-state index in [1.54, 1.807) is 0 Å². The Kier molecular flexibility index (Phi) is 6.94. The van der Waals surface area contributed by atoms with Crippen molar-refractivity contribution in [2.24, 2.45) is 0 Å². The molecule has 1 aromatic heterocycles. The van der Waals surface area contributed by atoms with Crippen LogP contribution in [0.15, 0.2) is 103 Å². The van der Waals surface area contributed by atoms with E-state index in [0.717, 1.165) is 35.6 Å². The van der Waals surface area contributed by atoms with Gasteiger partial charge in [0.05, 0.1) is 5.54 Å². The highest BCUT2D eigenvalue weighted by molar-refractivity contribution is 6.03. The molecule has 1 aliphatic carbocycles. The quantitative estimate of drug-likeness (QED) is 0.469. The summed E-state index contributed by atoms with van der Waals surface area (Å²) >= 11 is 0. The second kappa shape index (κ2) is 10.1. The van der Waals surface area contributed by atoms with Crippen molar-refractivity contribution in [2.75, 3.05) is 31.3 Å². The van der Waals surface area contributed by atoms with Crippen LogP contribution in [0.25, 0.3) is 0 Å². The molecule has 4 rings (SSSR count). The van der Waals surface area contributed by atoms with Crippen LogP contribution in [0.1, 0.15) is 18.2 Å². The molecule has 5 heteroatoms. The molecule has 0 radical (unpaired) electrons. The van der Waals surface area contributed by atoms with Gasteiger partial charge in [-0.15, -0.1) is 0 Å². The Morgan fingerprint density at radius 1 is 0.853 bits per heavy atom. The van der Waals surface area contributed by atoms with Gasteiger partial charge < -0.3 is 10.6 Å². The predicted molar refractivity (Wildman–Crippen MR) is 140 cm³/mol. The third kappa shape index (κ3) is 5.10. The summed E-state index contributed by atoms with van der Waals surface area (Å²) in [6.45, 7) is 2.92. The Labute approximate surface area is 202 Å². The van der Waals surface area contributed by atoms with Crippen LogP contribution < -0.4 is 10.6 Å². The molecule has 0 atom stereocenters. The number of likely N-dealkylation sites (N-methyl/N-ethyl adjacent to an activating group) is 1. The second-order valence-corrected chi connectivity index (χ2v) is 9.05. The van der Waals surface area contributed by atoms with Crippen molar-refractivity contribution in [1.82, 2.24) is 9.88 Å². The van der Waals surface area contributed by atoms with E-state index < -0.39 is 5.41 Å². The number of hydrogen-bond acceptors (Lipinski definition) is 4. The number of carbonyl (C=O) groups excluding carboxylic acids is 1. The summed E-state index contributed by atoms with van der Waals surface area (Å²) < 4.78 is 0. The normalized spacial score (nSPS) is 21.4. The van der Waals surface area contributed by atoms with Gasteiger partial charge in [0.25, 0.3) is 0 Å². The molecule has 2 N–H and O–H groups in total. The average molecular weight is 453 g/mol. The largest absolute Gasteiger partial charge is 0.385 e. The van der Waals surface area contributed by atoms with Crippen molar-refractivity contribution >= 4 is 17.3 Å². The highest BCUT2D eigenvalue weighted by Gasteiger charge is 2.39. The van der Waals surface area contributed by atoms with Crippen LogP contribution in [0.5, 0.6) is 0 Å². The van der Waals surface area contributed by atoms with Crippen LogP contribution in [0.4, 0.5) is 11.4 Å². The third-order valence-electron chi connectivity index (χ3n) is 6.54. The van der Waals surface area contributed by atoms with E-state index in [-0.39, 0.29) is 11.4 Å². The fourth-order valence-corrected chi connectivity index (χ4v) is 3.99. The monoisotopic (exact) mass is 452 g/mol. The topological polar surface area (TPSA) is 57.3 Å². The predicted octanol–water partition coefficient (Wildman–Crippen LogP) is 5.06. The maximum atomic E-state index is 13.6. The Morgan fingerprint density at radius 3 is 2.12 bits per heavy atom. The maximum Gasteiger partial charge on any atom is 0.242 e. The molecule has 1 heterocycles. The average Bonchev–Trinajstić information content (AvgIpc) is 2.87. The van der Waals surface area contributed by atoms with Gasteiger partial charge in [0.1, 0.15) is 5.41 Å². The van der Waals surface area contributed by atoms with Gasteiger partial charge in [-0.05, 0) is 63.0 Å². The lowest BCUT2D eigenvalue weighted by Gasteiger charge is -2.38. The Balaban J connectivity index is 1.46. The Bertz CT molecular complexity index is 1140. The molecule has 34 heavy (non-hydrogen) atoms.